The zero-order chi connectivity index (χ0) is 18.0. The molecule has 8 heteroatoms. The summed E-state index contributed by atoms with van der Waals surface area (Å²) in [6, 6.07) is 14.0. The van der Waals surface area contributed by atoms with Gasteiger partial charge in [0.25, 0.3) is 10.1 Å². The Kier molecular flexibility index (Phi) is 4.39. The van der Waals surface area contributed by atoms with Gasteiger partial charge in [-0.05, 0) is 29.7 Å². The normalized spacial score (nSPS) is 12.0. The highest BCUT2D eigenvalue weighted by molar-refractivity contribution is 7.86. The summed E-state index contributed by atoms with van der Waals surface area (Å²) < 4.78 is 27.9. The zero-order valence-corrected chi connectivity index (χ0v) is 13.9. The van der Waals surface area contributed by atoms with Crippen LogP contribution in [-0.4, -0.2) is 25.7 Å². The predicted molar refractivity (Wildman–Crippen MR) is 92.1 cm³/mol. The average molecular weight is 358 g/mol. The lowest BCUT2D eigenvalue weighted by Crippen LogP contribution is -2.02. The van der Waals surface area contributed by atoms with Gasteiger partial charge in [0, 0.05) is 5.39 Å². The van der Waals surface area contributed by atoms with Crippen molar-refractivity contribution in [2.24, 2.45) is 10.2 Å². The second kappa shape index (κ2) is 6.50. The molecule has 0 aliphatic rings. The number of aromatic hydroxyl groups is 2. The summed E-state index contributed by atoms with van der Waals surface area (Å²) in [7, 11) is -2.89. The summed E-state index contributed by atoms with van der Waals surface area (Å²) in [5.41, 5.74) is 0.156. The van der Waals surface area contributed by atoms with Gasteiger partial charge < -0.3 is 10.2 Å². The fourth-order valence-electron chi connectivity index (χ4n) is 2.29. The van der Waals surface area contributed by atoms with Gasteiger partial charge in [0.2, 0.25) is 0 Å². The van der Waals surface area contributed by atoms with Crippen molar-refractivity contribution in [1.29, 1.82) is 0 Å². The Balaban J connectivity index is 2.09. The maximum Gasteiger partial charge on any atom is 0.296 e. The number of fused-ring (bicyclic) bond motifs is 1. The summed E-state index contributed by atoms with van der Waals surface area (Å²) in [6.07, 6.45) is 0. The molecule has 0 aromatic heterocycles. The maximum atomic E-state index is 11.8. The van der Waals surface area contributed by atoms with E-state index in [0.29, 0.717) is 5.39 Å². The maximum absolute atomic E-state index is 11.8. The molecule has 0 saturated carbocycles. The van der Waals surface area contributed by atoms with E-state index < -0.39 is 10.1 Å². The second-order valence-corrected chi connectivity index (χ2v) is 6.84. The predicted octanol–water partition coefficient (Wildman–Crippen LogP) is 4.00. The Morgan fingerprint density at radius 3 is 2.40 bits per heavy atom. The number of nitrogens with zero attached hydrogens (tertiary/aromatic N) is 2. The van der Waals surface area contributed by atoms with Gasteiger partial charge in [0.05, 0.1) is 12.0 Å². The van der Waals surface area contributed by atoms with E-state index in [4.69, 9.17) is 0 Å². The summed E-state index contributed by atoms with van der Waals surface area (Å²) in [6.45, 7) is 0. The Morgan fingerprint density at radius 1 is 0.920 bits per heavy atom. The third-order valence-electron chi connectivity index (χ3n) is 3.59. The molecule has 0 spiro atoms. The van der Waals surface area contributed by atoms with E-state index in [-0.39, 0.29) is 27.8 Å². The van der Waals surface area contributed by atoms with Crippen molar-refractivity contribution in [3.05, 3.63) is 54.6 Å². The third-order valence-corrected chi connectivity index (χ3v) is 4.86. The van der Waals surface area contributed by atoms with Crippen molar-refractivity contribution in [1.82, 2.24) is 0 Å². The van der Waals surface area contributed by atoms with Gasteiger partial charge in [-0.1, -0.05) is 30.3 Å². The van der Waals surface area contributed by atoms with Crippen LogP contribution < -0.4 is 0 Å². The Hall–Kier alpha value is -2.97. The Labute approximate surface area is 144 Å². The molecule has 0 heterocycles. The van der Waals surface area contributed by atoms with Crippen LogP contribution in [0.2, 0.25) is 0 Å². The van der Waals surface area contributed by atoms with E-state index in [1.54, 1.807) is 18.2 Å². The van der Waals surface area contributed by atoms with Gasteiger partial charge in [-0.3, -0.25) is 4.18 Å². The van der Waals surface area contributed by atoms with Crippen molar-refractivity contribution in [2.75, 3.05) is 7.11 Å². The fraction of sp³-hybridized carbons (Fsp3) is 0.0588. The molecule has 0 atom stereocenters. The van der Waals surface area contributed by atoms with Crippen LogP contribution in [0.4, 0.5) is 11.4 Å². The Morgan fingerprint density at radius 2 is 1.64 bits per heavy atom. The van der Waals surface area contributed by atoms with E-state index in [2.05, 4.69) is 14.4 Å². The first kappa shape index (κ1) is 16.9. The van der Waals surface area contributed by atoms with Crippen LogP contribution in [0.25, 0.3) is 10.8 Å². The molecule has 0 unspecified atom stereocenters. The van der Waals surface area contributed by atoms with Crippen LogP contribution in [-0.2, 0) is 14.3 Å². The smallest absolute Gasteiger partial charge is 0.296 e. The minimum absolute atomic E-state index is 0.0644. The first-order chi connectivity index (χ1) is 11.9. The highest BCUT2D eigenvalue weighted by Crippen LogP contribution is 2.37. The van der Waals surface area contributed by atoms with Crippen molar-refractivity contribution in [3.8, 4) is 11.5 Å². The lowest BCUT2D eigenvalue weighted by atomic mass is 10.1. The standard InChI is InChI=1S/C17H14N2O5S/c1-24-25(22,23)12-7-9-15(20)14(10-12)18-19-17-13-5-3-2-4-11(13)6-8-16(17)21/h2-10,20-21H,1H3. The number of phenolic OH excluding ortho intramolecular Hbond substituents is 2. The molecule has 3 aromatic carbocycles. The van der Waals surface area contributed by atoms with Crippen molar-refractivity contribution < 1.29 is 22.8 Å². The molecule has 25 heavy (non-hydrogen) atoms. The van der Waals surface area contributed by atoms with E-state index in [0.717, 1.165) is 18.6 Å². The summed E-state index contributed by atoms with van der Waals surface area (Å²) >= 11 is 0. The average Bonchev–Trinajstić information content (AvgIpc) is 2.62. The molecule has 0 aliphatic heterocycles. The zero-order valence-electron chi connectivity index (χ0n) is 13.1. The van der Waals surface area contributed by atoms with Crippen LogP contribution in [0.5, 0.6) is 11.5 Å². The van der Waals surface area contributed by atoms with E-state index in [1.165, 1.54) is 18.2 Å². The third kappa shape index (κ3) is 3.30. The monoisotopic (exact) mass is 358 g/mol. The first-order valence-electron chi connectivity index (χ1n) is 7.18. The molecule has 128 valence electrons. The molecule has 0 aliphatic carbocycles. The summed E-state index contributed by atoms with van der Waals surface area (Å²) in [4.78, 5) is -0.163. The van der Waals surface area contributed by atoms with Crippen molar-refractivity contribution in [2.45, 2.75) is 4.90 Å². The molecule has 0 bridgehead atoms. The van der Waals surface area contributed by atoms with Gasteiger partial charge in [-0.25, -0.2) is 0 Å². The number of benzene rings is 3. The Bertz CT molecular complexity index is 1080. The summed E-state index contributed by atoms with van der Waals surface area (Å²) in [5.74, 6) is -0.332. The molecular formula is C17H14N2O5S. The van der Waals surface area contributed by atoms with E-state index in [9.17, 15) is 18.6 Å². The SMILES string of the molecule is COS(=O)(=O)c1ccc(O)c(N=Nc2c(O)ccc3ccccc23)c1. The highest BCUT2D eigenvalue weighted by atomic mass is 32.2. The number of azo groups is 1. The first-order valence-corrected chi connectivity index (χ1v) is 8.59. The van der Waals surface area contributed by atoms with Gasteiger partial charge in [-0.2, -0.15) is 8.42 Å². The fourth-order valence-corrected chi connectivity index (χ4v) is 2.97. The van der Waals surface area contributed by atoms with Crippen LogP contribution in [0, 0.1) is 0 Å². The van der Waals surface area contributed by atoms with E-state index in [1.807, 2.05) is 12.1 Å². The minimum Gasteiger partial charge on any atom is -0.506 e. The topological polar surface area (TPSA) is 109 Å². The molecule has 0 amide bonds. The van der Waals surface area contributed by atoms with Crippen molar-refractivity contribution >= 4 is 32.3 Å². The number of hydrogen-bond acceptors (Lipinski definition) is 7. The largest absolute Gasteiger partial charge is 0.506 e. The van der Waals surface area contributed by atoms with Crippen LogP contribution >= 0.6 is 0 Å². The second-order valence-electron chi connectivity index (χ2n) is 5.13. The molecule has 0 saturated heterocycles. The van der Waals surface area contributed by atoms with Crippen molar-refractivity contribution in [3.63, 3.8) is 0 Å². The quantitative estimate of drug-likeness (QED) is 0.541. The number of phenols is 2. The van der Waals surface area contributed by atoms with Crippen LogP contribution in [0.3, 0.4) is 0 Å². The van der Waals surface area contributed by atoms with Gasteiger partial charge in [-0.15, -0.1) is 10.2 Å². The van der Waals surface area contributed by atoms with Gasteiger partial charge in [0.1, 0.15) is 22.9 Å². The van der Waals surface area contributed by atoms with Gasteiger partial charge in [0.15, 0.2) is 0 Å². The number of rotatable bonds is 4. The lowest BCUT2D eigenvalue weighted by Gasteiger charge is -2.05. The minimum atomic E-state index is -3.93. The summed E-state index contributed by atoms with van der Waals surface area (Å²) in [5, 5.41) is 29.3. The molecular weight excluding hydrogens is 344 g/mol. The van der Waals surface area contributed by atoms with E-state index >= 15 is 0 Å². The van der Waals surface area contributed by atoms with Gasteiger partial charge >= 0.3 is 0 Å². The van der Waals surface area contributed by atoms with Crippen LogP contribution in [0.1, 0.15) is 0 Å². The molecule has 2 N–H and O–H groups in total. The van der Waals surface area contributed by atoms with Crippen LogP contribution in [0.15, 0.2) is 69.7 Å². The highest BCUT2D eigenvalue weighted by Gasteiger charge is 2.15. The molecule has 7 nitrogen and oxygen atoms in total. The molecule has 0 fully saturated rings. The number of hydrogen-bond donors (Lipinski definition) is 2. The lowest BCUT2D eigenvalue weighted by molar-refractivity contribution is 0.397. The molecule has 3 aromatic rings. The molecule has 0 radical (unpaired) electrons. The molecule has 3 rings (SSSR count).